The third-order valence-electron chi connectivity index (χ3n) is 6.27. The molecule has 0 spiro atoms. The first-order valence-corrected chi connectivity index (χ1v) is 11.4. The van der Waals surface area contributed by atoms with Gasteiger partial charge in [-0.05, 0) is 61.2 Å². The minimum absolute atomic E-state index is 0.0941. The Labute approximate surface area is 202 Å². The van der Waals surface area contributed by atoms with Gasteiger partial charge in [-0.1, -0.05) is 36.7 Å². The Balaban J connectivity index is 1.47. The lowest BCUT2D eigenvalue weighted by atomic mass is 9.67. The Morgan fingerprint density at radius 3 is 2.56 bits per heavy atom. The number of amides is 2. The fraction of sp³-hybridized carbons (Fsp3) is 0.231. The summed E-state index contributed by atoms with van der Waals surface area (Å²) in [5, 5.41) is 15.2. The van der Waals surface area contributed by atoms with Gasteiger partial charge in [-0.2, -0.15) is 0 Å². The molecule has 1 atom stereocenters. The number of anilines is 2. The molecule has 1 unspecified atom stereocenters. The molecule has 174 valence electrons. The third-order valence-corrected chi connectivity index (χ3v) is 6.51. The van der Waals surface area contributed by atoms with Crippen LogP contribution in [0, 0.1) is 5.41 Å². The molecule has 0 radical (unpaired) electrons. The molecule has 0 fully saturated rings. The van der Waals surface area contributed by atoms with Gasteiger partial charge in [0.1, 0.15) is 0 Å². The summed E-state index contributed by atoms with van der Waals surface area (Å²) in [6.07, 6.45) is 3.07. The molecule has 3 N–H and O–H groups in total. The number of Topliss-reactive ketones (excluding diaryl/α,β-unsaturated/α-hetero) is 1. The number of benzene rings is 2. The number of aliphatic carboxylic acids is 1. The number of carbonyl (C=O) groups excluding carboxylic acids is 2. The van der Waals surface area contributed by atoms with E-state index in [0.717, 1.165) is 11.1 Å². The SMILES string of the molecule is CCC1(CC(=O)O)CCc2cc(-c3ccc(NC(=O)Nc4cccc(Cl)c4)cn3)ccc2C1=O. The van der Waals surface area contributed by atoms with Crippen molar-refractivity contribution in [3.8, 4) is 11.3 Å². The minimum Gasteiger partial charge on any atom is -0.481 e. The molecule has 1 aliphatic carbocycles. The Hall–Kier alpha value is -3.71. The van der Waals surface area contributed by atoms with E-state index in [1.807, 2.05) is 19.1 Å². The first kappa shape index (κ1) is 23.4. The maximum Gasteiger partial charge on any atom is 0.323 e. The smallest absolute Gasteiger partial charge is 0.323 e. The van der Waals surface area contributed by atoms with E-state index in [1.165, 1.54) is 0 Å². The highest BCUT2D eigenvalue weighted by atomic mass is 35.5. The zero-order valence-electron chi connectivity index (χ0n) is 18.6. The van der Waals surface area contributed by atoms with Crippen LogP contribution < -0.4 is 10.6 Å². The van der Waals surface area contributed by atoms with Crippen molar-refractivity contribution in [3.05, 3.63) is 76.9 Å². The number of halogens is 1. The van der Waals surface area contributed by atoms with Crippen LogP contribution in [-0.2, 0) is 11.2 Å². The summed E-state index contributed by atoms with van der Waals surface area (Å²) in [5.41, 5.74) is 3.32. The molecular formula is C26H24ClN3O4. The Morgan fingerprint density at radius 1 is 1.09 bits per heavy atom. The first-order valence-electron chi connectivity index (χ1n) is 11.0. The van der Waals surface area contributed by atoms with Gasteiger partial charge in [-0.15, -0.1) is 0 Å². The number of aromatic nitrogens is 1. The summed E-state index contributed by atoms with van der Waals surface area (Å²) in [5.74, 6) is -1.04. The van der Waals surface area contributed by atoms with Gasteiger partial charge in [-0.3, -0.25) is 14.6 Å². The number of aryl methyl sites for hydroxylation is 1. The zero-order chi connectivity index (χ0) is 24.3. The molecule has 34 heavy (non-hydrogen) atoms. The maximum atomic E-state index is 13.1. The monoisotopic (exact) mass is 477 g/mol. The van der Waals surface area contributed by atoms with Crippen LogP contribution in [-0.4, -0.2) is 27.9 Å². The van der Waals surface area contributed by atoms with Gasteiger partial charge in [-0.25, -0.2) is 4.79 Å². The number of hydrogen-bond acceptors (Lipinski definition) is 4. The van der Waals surface area contributed by atoms with Crippen molar-refractivity contribution in [2.45, 2.75) is 32.6 Å². The number of rotatable bonds is 6. The molecule has 2 aromatic carbocycles. The molecule has 1 heterocycles. The summed E-state index contributed by atoms with van der Waals surface area (Å²) < 4.78 is 0. The molecule has 2 amide bonds. The van der Waals surface area contributed by atoms with Crippen LogP contribution in [0.5, 0.6) is 0 Å². The van der Waals surface area contributed by atoms with E-state index >= 15 is 0 Å². The Morgan fingerprint density at radius 2 is 1.88 bits per heavy atom. The molecule has 1 aliphatic rings. The number of nitrogens with zero attached hydrogens (tertiary/aromatic N) is 1. The van der Waals surface area contributed by atoms with Crippen LogP contribution in [0.4, 0.5) is 16.2 Å². The van der Waals surface area contributed by atoms with Crippen molar-refractivity contribution in [1.82, 2.24) is 4.98 Å². The van der Waals surface area contributed by atoms with E-state index in [9.17, 15) is 19.5 Å². The van der Waals surface area contributed by atoms with E-state index in [4.69, 9.17) is 11.6 Å². The quantitative estimate of drug-likeness (QED) is 0.400. The van der Waals surface area contributed by atoms with Crippen molar-refractivity contribution in [2.24, 2.45) is 5.41 Å². The standard InChI is InChI=1S/C26H24ClN3O4/c1-2-26(14-23(31)32)11-10-16-12-17(6-8-21(16)24(26)33)22-9-7-20(15-28-22)30-25(34)29-19-5-3-4-18(27)13-19/h3-9,12-13,15H,2,10-11,14H2,1H3,(H,31,32)(H2,29,30,34). The van der Waals surface area contributed by atoms with Crippen LogP contribution in [0.25, 0.3) is 11.3 Å². The van der Waals surface area contributed by atoms with E-state index in [1.54, 1.807) is 48.7 Å². The fourth-order valence-corrected chi connectivity index (χ4v) is 4.56. The number of nitrogens with one attached hydrogen (secondary N) is 2. The lowest BCUT2D eigenvalue weighted by Gasteiger charge is -2.34. The molecule has 4 rings (SSSR count). The van der Waals surface area contributed by atoms with Gasteiger partial charge in [0.2, 0.25) is 0 Å². The number of carbonyl (C=O) groups is 3. The maximum absolute atomic E-state index is 13.1. The lowest BCUT2D eigenvalue weighted by Crippen LogP contribution is -2.37. The normalized spacial score (nSPS) is 17.1. The Bertz CT molecular complexity index is 1260. The van der Waals surface area contributed by atoms with Crippen molar-refractivity contribution in [2.75, 3.05) is 10.6 Å². The van der Waals surface area contributed by atoms with Gasteiger partial charge >= 0.3 is 12.0 Å². The number of carboxylic acids is 1. The summed E-state index contributed by atoms with van der Waals surface area (Å²) in [6, 6.07) is 15.5. The second kappa shape index (κ2) is 9.65. The summed E-state index contributed by atoms with van der Waals surface area (Å²) >= 11 is 5.93. The van der Waals surface area contributed by atoms with Crippen LogP contribution in [0.1, 0.15) is 42.1 Å². The summed E-state index contributed by atoms with van der Waals surface area (Å²) in [4.78, 5) is 41.1. The Kier molecular flexibility index (Phi) is 6.65. The minimum atomic E-state index is -0.950. The van der Waals surface area contributed by atoms with Crippen molar-refractivity contribution < 1.29 is 19.5 Å². The topological polar surface area (TPSA) is 108 Å². The first-order chi connectivity index (χ1) is 16.3. The predicted molar refractivity (Wildman–Crippen MR) is 131 cm³/mol. The molecule has 8 heteroatoms. The highest BCUT2D eigenvalue weighted by Crippen LogP contribution is 2.42. The molecular weight excluding hydrogens is 454 g/mol. The molecule has 0 bridgehead atoms. The van der Waals surface area contributed by atoms with Gasteiger partial charge in [0, 0.05) is 27.3 Å². The van der Waals surface area contributed by atoms with Gasteiger partial charge in [0.25, 0.3) is 0 Å². The number of carboxylic acid groups (broad SMARTS) is 1. The molecule has 0 aliphatic heterocycles. The van der Waals surface area contributed by atoms with Crippen LogP contribution >= 0.6 is 11.6 Å². The van der Waals surface area contributed by atoms with Crippen molar-refractivity contribution in [3.63, 3.8) is 0 Å². The van der Waals surface area contributed by atoms with E-state index in [0.29, 0.717) is 46.9 Å². The fourth-order valence-electron chi connectivity index (χ4n) is 4.37. The molecule has 3 aromatic rings. The zero-order valence-corrected chi connectivity index (χ0v) is 19.4. The summed E-state index contributed by atoms with van der Waals surface area (Å²) in [7, 11) is 0. The summed E-state index contributed by atoms with van der Waals surface area (Å²) in [6.45, 7) is 1.87. The van der Waals surface area contributed by atoms with Crippen LogP contribution in [0.3, 0.4) is 0 Å². The van der Waals surface area contributed by atoms with Gasteiger partial charge < -0.3 is 15.7 Å². The molecule has 0 saturated carbocycles. The highest BCUT2D eigenvalue weighted by Gasteiger charge is 2.42. The molecule has 1 aromatic heterocycles. The van der Waals surface area contributed by atoms with Crippen molar-refractivity contribution in [1.29, 1.82) is 0 Å². The number of hydrogen-bond donors (Lipinski definition) is 3. The van der Waals surface area contributed by atoms with E-state index in [2.05, 4.69) is 15.6 Å². The number of ketones is 1. The molecule has 0 saturated heterocycles. The number of pyridine rings is 1. The second-order valence-corrected chi connectivity index (χ2v) is 8.86. The highest BCUT2D eigenvalue weighted by molar-refractivity contribution is 6.30. The van der Waals surface area contributed by atoms with Crippen LogP contribution in [0.2, 0.25) is 5.02 Å². The predicted octanol–water partition coefficient (Wildman–Crippen LogP) is 6.05. The molecule has 7 nitrogen and oxygen atoms in total. The number of urea groups is 1. The van der Waals surface area contributed by atoms with E-state index in [-0.39, 0.29) is 12.2 Å². The average molecular weight is 478 g/mol. The largest absolute Gasteiger partial charge is 0.481 e. The third kappa shape index (κ3) is 4.94. The lowest BCUT2D eigenvalue weighted by molar-refractivity contribution is -0.139. The van der Waals surface area contributed by atoms with Crippen molar-refractivity contribution >= 4 is 40.8 Å². The van der Waals surface area contributed by atoms with Crippen LogP contribution in [0.15, 0.2) is 60.8 Å². The van der Waals surface area contributed by atoms with Gasteiger partial charge in [0.15, 0.2) is 5.78 Å². The number of fused-ring (bicyclic) bond motifs is 1. The van der Waals surface area contributed by atoms with Gasteiger partial charge in [0.05, 0.1) is 24.0 Å². The van der Waals surface area contributed by atoms with E-state index < -0.39 is 17.4 Å². The average Bonchev–Trinajstić information content (AvgIpc) is 2.81. The second-order valence-electron chi connectivity index (χ2n) is 8.43.